The van der Waals surface area contributed by atoms with Crippen LogP contribution in [0.1, 0.15) is 25.0 Å². The normalized spacial score (nSPS) is 17.6. The number of aromatic nitrogens is 2. The smallest absolute Gasteiger partial charge is 0.139 e. The lowest BCUT2D eigenvalue weighted by Gasteiger charge is -2.25. The minimum Gasteiger partial charge on any atom is -0.399 e. The number of likely N-dealkylation sites (tertiary alicyclic amines) is 1. The first-order valence-electron chi connectivity index (χ1n) is 6.27. The van der Waals surface area contributed by atoms with E-state index < -0.39 is 0 Å². The molecule has 90 valence electrons. The van der Waals surface area contributed by atoms with Gasteiger partial charge < -0.3 is 10.1 Å². The molecule has 2 aromatic rings. The first-order chi connectivity index (χ1) is 8.31. The summed E-state index contributed by atoms with van der Waals surface area (Å²) in [5.74, 6) is 0. The van der Waals surface area contributed by atoms with Crippen LogP contribution in [0.5, 0.6) is 0 Å². The molecule has 2 N–H and O–H groups in total. The fourth-order valence-corrected chi connectivity index (χ4v) is 2.47. The van der Waals surface area contributed by atoms with Crippen LogP contribution >= 0.6 is 0 Å². The molecule has 0 unspecified atom stereocenters. The Bertz CT molecular complexity index is 511. The van der Waals surface area contributed by atoms with E-state index >= 15 is 0 Å². The summed E-state index contributed by atoms with van der Waals surface area (Å²) in [5.41, 5.74) is 8.60. The maximum absolute atomic E-state index is 5.75. The van der Waals surface area contributed by atoms with Crippen LogP contribution < -0.4 is 5.73 Å². The number of nitrogen functional groups attached to an aromatic ring is 1. The Morgan fingerprint density at radius 2 is 2.06 bits per heavy atom. The predicted molar refractivity (Wildman–Crippen MR) is 68.7 cm³/mol. The molecule has 0 radical (unpaired) electrons. The Morgan fingerprint density at radius 3 is 2.88 bits per heavy atom. The molecule has 2 aromatic heterocycles. The van der Waals surface area contributed by atoms with Crippen molar-refractivity contribution in [3.05, 3.63) is 30.2 Å². The van der Waals surface area contributed by atoms with Gasteiger partial charge in [-0.25, -0.2) is 4.98 Å². The molecular formula is C13H18N4. The second-order valence-corrected chi connectivity index (χ2v) is 4.79. The molecule has 0 atom stereocenters. The molecule has 1 aliphatic rings. The molecule has 0 saturated carbocycles. The van der Waals surface area contributed by atoms with Crippen LogP contribution in [0.2, 0.25) is 0 Å². The van der Waals surface area contributed by atoms with E-state index in [1.165, 1.54) is 32.4 Å². The van der Waals surface area contributed by atoms with Crippen LogP contribution in [-0.2, 0) is 6.54 Å². The number of hydrogen-bond donors (Lipinski definition) is 1. The van der Waals surface area contributed by atoms with Gasteiger partial charge in [0.05, 0.1) is 5.69 Å². The first kappa shape index (κ1) is 10.6. The summed E-state index contributed by atoms with van der Waals surface area (Å²) in [5, 5.41) is 0. The summed E-state index contributed by atoms with van der Waals surface area (Å²) in [7, 11) is 0. The van der Waals surface area contributed by atoms with Gasteiger partial charge >= 0.3 is 0 Å². The molecule has 4 heteroatoms. The Balaban J connectivity index is 1.80. The summed E-state index contributed by atoms with van der Waals surface area (Å²) in [6.07, 6.45) is 8.08. The number of nitrogens with zero attached hydrogens (tertiary/aromatic N) is 3. The Kier molecular flexibility index (Phi) is 2.73. The molecule has 17 heavy (non-hydrogen) atoms. The monoisotopic (exact) mass is 230 g/mol. The quantitative estimate of drug-likeness (QED) is 0.857. The van der Waals surface area contributed by atoms with Gasteiger partial charge in [-0.05, 0) is 32.0 Å². The number of anilines is 1. The van der Waals surface area contributed by atoms with Crippen LogP contribution in [0.25, 0.3) is 5.65 Å². The van der Waals surface area contributed by atoms with Crippen LogP contribution in [0.3, 0.4) is 0 Å². The summed E-state index contributed by atoms with van der Waals surface area (Å²) < 4.78 is 2.04. The van der Waals surface area contributed by atoms with Gasteiger partial charge in [-0.3, -0.25) is 4.90 Å². The zero-order valence-corrected chi connectivity index (χ0v) is 9.97. The minimum atomic E-state index is 0.771. The Hall–Kier alpha value is -1.55. The number of rotatable bonds is 2. The molecule has 0 amide bonds. The van der Waals surface area contributed by atoms with Crippen molar-refractivity contribution in [3.63, 3.8) is 0 Å². The van der Waals surface area contributed by atoms with Gasteiger partial charge in [0, 0.05) is 30.7 Å². The molecule has 0 aromatic carbocycles. The predicted octanol–water partition coefficient (Wildman–Crippen LogP) is 1.90. The van der Waals surface area contributed by atoms with Crippen molar-refractivity contribution in [2.75, 3.05) is 18.8 Å². The standard InChI is InChI=1S/C13H18N4/c14-11-4-7-17-10-12(15-13(17)8-11)9-16-5-2-1-3-6-16/h4,7-8,10H,1-3,5-6,9,14H2. The van der Waals surface area contributed by atoms with E-state index in [-0.39, 0.29) is 0 Å². The summed E-state index contributed by atoms with van der Waals surface area (Å²) in [6, 6.07) is 3.82. The third-order valence-corrected chi connectivity index (χ3v) is 3.37. The topological polar surface area (TPSA) is 46.6 Å². The maximum atomic E-state index is 5.75. The van der Waals surface area contributed by atoms with Crippen molar-refractivity contribution in [3.8, 4) is 0 Å². The van der Waals surface area contributed by atoms with Crippen molar-refractivity contribution in [1.82, 2.24) is 14.3 Å². The maximum Gasteiger partial charge on any atom is 0.139 e. The second-order valence-electron chi connectivity index (χ2n) is 4.79. The lowest BCUT2D eigenvalue weighted by molar-refractivity contribution is 0.219. The summed E-state index contributed by atoms with van der Waals surface area (Å²) in [6.45, 7) is 3.37. The number of piperidine rings is 1. The molecule has 0 spiro atoms. The largest absolute Gasteiger partial charge is 0.399 e. The van der Waals surface area contributed by atoms with E-state index in [9.17, 15) is 0 Å². The van der Waals surface area contributed by atoms with Gasteiger partial charge in [-0.2, -0.15) is 0 Å². The summed E-state index contributed by atoms with van der Waals surface area (Å²) in [4.78, 5) is 7.09. The highest BCUT2D eigenvalue weighted by atomic mass is 15.1. The van der Waals surface area contributed by atoms with E-state index in [1.807, 2.05) is 22.7 Å². The van der Waals surface area contributed by atoms with E-state index in [0.29, 0.717) is 0 Å². The molecule has 1 fully saturated rings. The number of imidazole rings is 1. The number of fused-ring (bicyclic) bond motifs is 1. The van der Waals surface area contributed by atoms with Crippen molar-refractivity contribution >= 4 is 11.3 Å². The van der Waals surface area contributed by atoms with E-state index in [1.54, 1.807) is 0 Å². The molecule has 1 aliphatic heterocycles. The van der Waals surface area contributed by atoms with Gasteiger partial charge in [0.25, 0.3) is 0 Å². The molecule has 4 nitrogen and oxygen atoms in total. The molecule has 1 saturated heterocycles. The average molecular weight is 230 g/mol. The van der Waals surface area contributed by atoms with Crippen molar-refractivity contribution in [2.24, 2.45) is 0 Å². The highest BCUT2D eigenvalue weighted by Gasteiger charge is 2.12. The van der Waals surface area contributed by atoms with E-state index in [2.05, 4.69) is 16.1 Å². The fourth-order valence-electron chi connectivity index (χ4n) is 2.47. The molecule has 0 aliphatic carbocycles. The Morgan fingerprint density at radius 1 is 1.24 bits per heavy atom. The molecular weight excluding hydrogens is 212 g/mol. The molecule has 3 rings (SSSR count). The molecule has 0 bridgehead atoms. The highest BCUT2D eigenvalue weighted by molar-refractivity contribution is 5.52. The number of nitrogens with two attached hydrogens (primary N) is 1. The minimum absolute atomic E-state index is 0.771. The van der Waals surface area contributed by atoms with Gasteiger partial charge in [0.2, 0.25) is 0 Å². The lowest BCUT2D eigenvalue weighted by Crippen LogP contribution is -2.29. The van der Waals surface area contributed by atoms with Crippen molar-refractivity contribution in [2.45, 2.75) is 25.8 Å². The van der Waals surface area contributed by atoms with Crippen LogP contribution in [-0.4, -0.2) is 27.4 Å². The third kappa shape index (κ3) is 2.26. The van der Waals surface area contributed by atoms with Crippen LogP contribution in [0.4, 0.5) is 5.69 Å². The van der Waals surface area contributed by atoms with Gasteiger partial charge in [0.1, 0.15) is 5.65 Å². The average Bonchev–Trinajstić information content (AvgIpc) is 2.71. The highest BCUT2D eigenvalue weighted by Crippen LogP contribution is 2.14. The SMILES string of the molecule is Nc1ccn2cc(CN3CCCCC3)nc2c1. The van der Waals surface area contributed by atoms with Crippen LogP contribution in [0.15, 0.2) is 24.5 Å². The third-order valence-electron chi connectivity index (χ3n) is 3.37. The molecule has 3 heterocycles. The fraction of sp³-hybridized carbons (Fsp3) is 0.462. The number of hydrogen-bond acceptors (Lipinski definition) is 3. The van der Waals surface area contributed by atoms with E-state index in [0.717, 1.165) is 23.6 Å². The summed E-state index contributed by atoms with van der Waals surface area (Å²) >= 11 is 0. The Labute approximate surface area is 101 Å². The number of pyridine rings is 1. The zero-order chi connectivity index (χ0) is 11.7. The van der Waals surface area contributed by atoms with Crippen molar-refractivity contribution < 1.29 is 0 Å². The van der Waals surface area contributed by atoms with E-state index in [4.69, 9.17) is 5.73 Å². The van der Waals surface area contributed by atoms with Crippen LogP contribution in [0, 0.1) is 0 Å². The second kappa shape index (κ2) is 4.37. The van der Waals surface area contributed by atoms with Crippen molar-refractivity contribution in [1.29, 1.82) is 0 Å². The van der Waals surface area contributed by atoms with Gasteiger partial charge in [-0.15, -0.1) is 0 Å². The van der Waals surface area contributed by atoms with Gasteiger partial charge in [-0.1, -0.05) is 6.42 Å². The zero-order valence-electron chi connectivity index (χ0n) is 9.97. The van der Waals surface area contributed by atoms with Gasteiger partial charge in [0.15, 0.2) is 0 Å². The lowest BCUT2D eigenvalue weighted by atomic mass is 10.1. The first-order valence-corrected chi connectivity index (χ1v) is 6.27.